The zero-order chi connectivity index (χ0) is 9.14. The van der Waals surface area contributed by atoms with Gasteiger partial charge in [0.25, 0.3) is 5.56 Å². The first-order chi connectivity index (χ1) is 5.69. The van der Waals surface area contributed by atoms with Gasteiger partial charge in [-0.25, -0.2) is 4.79 Å². The first-order valence-electron chi connectivity index (χ1n) is 4.03. The lowest BCUT2D eigenvalue weighted by Crippen LogP contribution is -2.27. The molecule has 0 atom stereocenters. The Kier molecular flexibility index (Phi) is 2.47. The van der Waals surface area contributed by atoms with Crippen LogP contribution in [0.15, 0.2) is 9.59 Å². The molecule has 0 aromatic carbocycles. The van der Waals surface area contributed by atoms with Gasteiger partial charge in [0.15, 0.2) is 0 Å². The molecule has 0 aliphatic carbocycles. The minimum atomic E-state index is -0.422. The van der Waals surface area contributed by atoms with E-state index in [1.165, 1.54) is 0 Å². The quantitative estimate of drug-likeness (QED) is 0.662. The third-order valence-corrected chi connectivity index (χ3v) is 1.84. The molecule has 12 heavy (non-hydrogen) atoms. The average molecular weight is 168 g/mol. The van der Waals surface area contributed by atoms with Gasteiger partial charge >= 0.3 is 5.69 Å². The van der Waals surface area contributed by atoms with Crippen LogP contribution in [0.2, 0.25) is 0 Å². The van der Waals surface area contributed by atoms with Gasteiger partial charge in [-0.1, -0.05) is 13.8 Å². The number of aryl methyl sites for hydroxylation is 1. The maximum absolute atomic E-state index is 11.2. The lowest BCUT2D eigenvalue weighted by molar-refractivity contribution is 0.876. The fourth-order valence-corrected chi connectivity index (χ4v) is 1.24. The second-order valence-corrected chi connectivity index (χ2v) is 2.57. The summed E-state index contributed by atoms with van der Waals surface area (Å²) in [5, 5.41) is 0. The first kappa shape index (κ1) is 8.77. The van der Waals surface area contributed by atoms with Gasteiger partial charge in [-0.2, -0.15) is 0 Å². The molecule has 0 unspecified atom stereocenters. The maximum atomic E-state index is 11.2. The van der Waals surface area contributed by atoms with Crippen molar-refractivity contribution in [3.63, 3.8) is 0 Å². The molecule has 0 amide bonds. The van der Waals surface area contributed by atoms with E-state index in [9.17, 15) is 9.59 Å². The van der Waals surface area contributed by atoms with E-state index in [2.05, 4.69) is 9.97 Å². The van der Waals surface area contributed by atoms with E-state index in [-0.39, 0.29) is 5.56 Å². The van der Waals surface area contributed by atoms with E-state index < -0.39 is 5.69 Å². The Labute approximate surface area is 69.7 Å². The van der Waals surface area contributed by atoms with Crippen molar-refractivity contribution in [3.8, 4) is 0 Å². The van der Waals surface area contributed by atoms with E-state index in [1.54, 1.807) is 0 Å². The van der Waals surface area contributed by atoms with Gasteiger partial charge in [0.2, 0.25) is 0 Å². The van der Waals surface area contributed by atoms with Gasteiger partial charge in [0.05, 0.1) is 0 Å². The second kappa shape index (κ2) is 3.38. The van der Waals surface area contributed by atoms with Crippen LogP contribution in [-0.4, -0.2) is 9.97 Å². The fraction of sp³-hybridized carbons (Fsp3) is 0.500. The minimum Gasteiger partial charge on any atom is -0.311 e. The van der Waals surface area contributed by atoms with Crippen molar-refractivity contribution >= 4 is 0 Å². The molecular formula is C8H12N2O2. The first-order valence-corrected chi connectivity index (χ1v) is 4.03. The predicted octanol–water partition coefficient (Wildman–Crippen LogP) is 0.188. The van der Waals surface area contributed by atoms with Gasteiger partial charge < -0.3 is 4.98 Å². The third kappa shape index (κ3) is 1.47. The molecule has 4 nitrogen and oxygen atoms in total. The highest BCUT2D eigenvalue weighted by Crippen LogP contribution is 1.97. The molecule has 0 saturated heterocycles. The Bertz CT molecular complexity index is 375. The van der Waals surface area contributed by atoms with E-state index in [1.807, 2.05) is 13.8 Å². The van der Waals surface area contributed by atoms with Crippen LogP contribution < -0.4 is 11.2 Å². The topological polar surface area (TPSA) is 65.7 Å². The SMILES string of the molecule is CCc1[nH]c(=O)[nH]c(=O)c1CC. The van der Waals surface area contributed by atoms with Crippen LogP contribution in [-0.2, 0) is 12.8 Å². The minimum absolute atomic E-state index is 0.266. The summed E-state index contributed by atoms with van der Waals surface area (Å²) in [4.78, 5) is 26.8. The van der Waals surface area contributed by atoms with Crippen LogP contribution in [0.4, 0.5) is 0 Å². The lowest BCUT2D eigenvalue weighted by Gasteiger charge is -2.01. The summed E-state index contributed by atoms with van der Waals surface area (Å²) in [6.45, 7) is 3.80. The highest BCUT2D eigenvalue weighted by molar-refractivity contribution is 5.15. The van der Waals surface area contributed by atoms with E-state index >= 15 is 0 Å². The lowest BCUT2D eigenvalue weighted by atomic mass is 10.1. The highest BCUT2D eigenvalue weighted by Gasteiger charge is 2.04. The van der Waals surface area contributed by atoms with Crippen LogP contribution >= 0.6 is 0 Å². The Hall–Kier alpha value is -1.32. The van der Waals surface area contributed by atoms with Crippen molar-refractivity contribution in [2.24, 2.45) is 0 Å². The molecule has 0 radical (unpaired) electrons. The summed E-state index contributed by atoms with van der Waals surface area (Å²) in [6.07, 6.45) is 1.33. The third-order valence-electron chi connectivity index (χ3n) is 1.84. The monoisotopic (exact) mass is 168 g/mol. The molecule has 0 saturated carbocycles. The van der Waals surface area contributed by atoms with Gasteiger partial charge in [0, 0.05) is 11.3 Å². The molecule has 4 heteroatoms. The molecule has 1 aromatic heterocycles. The van der Waals surface area contributed by atoms with E-state index in [0.717, 1.165) is 5.69 Å². The Balaban J connectivity index is 3.44. The molecule has 0 aliphatic heterocycles. The van der Waals surface area contributed by atoms with Crippen LogP contribution in [0.3, 0.4) is 0 Å². The average Bonchev–Trinajstić information content (AvgIpc) is 2.03. The van der Waals surface area contributed by atoms with Crippen molar-refractivity contribution in [1.29, 1.82) is 0 Å². The fourth-order valence-electron chi connectivity index (χ4n) is 1.24. The van der Waals surface area contributed by atoms with Crippen molar-refractivity contribution in [2.45, 2.75) is 26.7 Å². The van der Waals surface area contributed by atoms with E-state index in [4.69, 9.17) is 0 Å². The Morgan fingerprint density at radius 3 is 2.25 bits per heavy atom. The predicted molar refractivity (Wildman–Crippen MR) is 46.4 cm³/mol. The molecule has 0 aliphatic rings. The number of nitrogens with one attached hydrogen (secondary N) is 2. The number of aromatic nitrogens is 2. The molecule has 0 fully saturated rings. The zero-order valence-corrected chi connectivity index (χ0v) is 7.23. The standard InChI is InChI=1S/C8H12N2O2/c1-3-5-6(4-2)9-8(12)10-7(5)11/h3-4H2,1-2H3,(H2,9,10,11,12). The second-order valence-electron chi connectivity index (χ2n) is 2.57. The molecule has 1 rings (SSSR count). The van der Waals surface area contributed by atoms with Crippen molar-refractivity contribution in [3.05, 3.63) is 32.1 Å². The van der Waals surface area contributed by atoms with Gasteiger partial charge in [-0.05, 0) is 12.8 Å². The molecule has 1 aromatic rings. The largest absolute Gasteiger partial charge is 0.325 e. The normalized spacial score (nSPS) is 10.2. The number of hydrogen-bond acceptors (Lipinski definition) is 2. The van der Waals surface area contributed by atoms with Crippen LogP contribution in [0.5, 0.6) is 0 Å². The summed E-state index contributed by atoms with van der Waals surface area (Å²) < 4.78 is 0. The summed E-state index contributed by atoms with van der Waals surface area (Å²) in [5.41, 5.74) is 0.732. The van der Waals surface area contributed by atoms with Crippen LogP contribution in [0.1, 0.15) is 25.1 Å². The molecule has 1 heterocycles. The van der Waals surface area contributed by atoms with Gasteiger partial charge in [-0.3, -0.25) is 9.78 Å². The molecular weight excluding hydrogens is 156 g/mol. The Morgan fingerprint density at radius 2 is 1.75 bits per heavy atom. The zero-order valence-electron chi connectivity index (χ0n) is 7.23. The molecule has 66 valence electrons. The van der Waals surface area contributed by atoms with Gasteiger partial charge in [-0.15, -0.1) is 0 Å². The van der Waals surface area contributed by atoms with E-state index in [0.29, 0.717) is 18.4 Å². The van der Waals surface area contributed by atoms with Gasteiger partial charge in [0.1, 0.15) is 0 Å². The smallest absolute Gasteiger partial charge is 0.311 e. The van der Waals surface area contributed by atoms with Crippen LogP contribution in [0.25, 0.3) is 0 Å². The number of aromatic amines is 2. The number of H-pyrrole nitrogens is 2. The molecule has 0 bridgehead atoms. The van der Waals surface area contributed by atoms with Crippen molar-refractivity contribution < 1.29 is 0 Å². The van der Waals surface area contributed by atoms with Crippen molar-refractivity contribution in [2.75, 3.05) is 0 Å². The molecule has 0 spiro atoms. The highest BCUT2D eigenvalue weighted by atomic mass is 16.2. The summed E-state index contributed by atoms with van der Waals surface area (Å²) >= 11 is 0. The molecule has 2 N–H and O–H groups in total. The van der Waals surface area contributed by atoms with Crippen molar-refractivity contribution in [1.82, 2.24) is 9.97 Å². The van der Waals surface area contributed by atoms with Crippen LogP contribution in [0, 0.1) is 0 Å². The number of hydrogen-bond donors (Lipinski definition) is 2. The Morgan fingerprint density at radius 1 is 1.08 bits per heavy atom. The summed E-state index contributed by atoms with van der Waals surface area (Å²) in [6, 6.07) is 0. The number of rotatable bonds is 2. The maximum Gasteiger partial charge on any atom is 0.325 e. The summed E-state index contributed by atoms with van der Waals surface area (Å²) in [7, 11) is 0. The summed E-state index contributed by atoms with van der Waals surface area (Å²) in [5.74, 6) is 0.